The summed E-state index contributed by atoms with van der Waals surface area (Å²) in [4.78, 5) is 10.6. The summed E-state index contributed by atoms with van der Waals surface area (Å²) in [5.74, 6) is 1.80. The van der Waals surface area contributed by atoms with Crippen molar-refractivity contribution in [2.75, 3.05) is 19.7 Å². The third-order valence-corrected chi connectivity index (χ3v) is 5.00. The number of aromatic nitrogens is 2. The fraction of sp³-hybridized carbons (Fsp3) is 0.350. The molecule has 1 aromatic heterocycles. The van der Waals surface area contributed by atoms with Gasteiger partial charge in [0.25, 0.3) is 0 Å². The van der Waals surface area contributed by atoms with Crippen LogP contribution in [0, 0.1) is 4.77 Å². The second kappa shape index (κ2) is 7.52. The molecule has 6 nitrogen and oxygen atoms in total. The van der Waals surface area contributed by atoms with Crippen molar-refractivity contribution in [1.29, 1.82) is 0 Å². The van der Waals surface area contributed by atoms with Crippen LogP contribution in [0.3, 0.4) is 0 Å². The standard InChI is InChI=1S/C20H22N4O2S/c1-2-26-15-6-7-16-13(11-15)10-14(12-17-19(25)23-20(27)22-17)18(21-16)24-8-4-3-5-9-24/h6-7,10-12H,2-5,8-9H2,1H3,(H2,22,23,25,27)/p+1. The number of amidine groups is 1. The number of fused-ring (bicyclic) bond motifs is 1. The first-order valence-corrected chi connectivity index (χ1v) is 9.73. The van der Waals surface area contributed by atoms with Crippen molar-refractivity contribution in [3.8, 4) is 11.6 Å². The zero-order valence-corrected chi connectivity index (χ0v) is 16.1. The van der Waals surface area contributed by atoms with E-state index in [4.69, 9.17) is 21.9 Å². The van der Waals surface area contributed by atoms with Crippen molar-refractivity contribution in [2.45, 2.75) is 26.2 Å². The highest BCUT2D eigenvalue weighted by Gasteiger charge is 2.24. The molecule has 140 valence electrons. The van der Waals surface area contributed by atoms with E-state index in [1.807, 2.05) is 31.2 Å². The molecule has 0 unspecified atom stereocenters. The number of H-pyrrole nitrogens is 2. The second-order valence-corrected chi connectivity index (χ2v) is 7.13. The van der Waals surface area contributed by atoms with Crippen LogP contribution < -0.4 is 15.3 Å². The van der Waals surface area contributed by atoms with Gasteiger partial charge >= 0.3 is 5.84 Å². The summed E-state index contributed by atoms with van der Waals surface area (Å²) in [6.45, 7) is 4.58. The maximum atomic E-state index is 10.1. The van der Waals surface area contributed by atoms with Crippen molar-refractivity contribution in [3.63, 3.8) is 0 Å². The Morgan fingerprint density at radius 1 is 1.26 bits per heavy atom. The van der Waals surface area contributed by atoms with Gasteiger partial charge in [-0.3, -0.25) is 4.58 Å². The SMILES string of the molecule is CCOc1ccc2c(c1)=C/C(=C\c1[nH]c(=S)[nH]c1O)C(=[N+]1CCCCC1)N=2. The summed E-state index contributed by atoms with van der Waals surface area (Å²) in [5.41, 5.74) is 1.50. The zero-order chi connectivity index (χ0) is 18.8. The average Bonchev–Trinajstić information content (AvgIpc) is 2.99. The molecular formula is C20H23N4O2S+. The third kappa shape index (κ3) is 3.73. The molecule has 0 atom stereocenters. The Balaban J connectivity index is 1.90. The molecule has 0 bridgehead atoms. The van der Waals surface area contributed by atoms with Crippen LogP contribution >= 0.6 is 12.2 Å². The summed E-state index contributed by atoms with van der Waals surface area (Å²) in [5, 5.41) is 12.0. The van der Waals surface area contributed by atoms with Crippen molar-refractivity contribution in [3.05, 3.63) is 44.8 Å². The van der Waals surface area contributed by atoms with Crippen LogP contribution in [0.4, 0.5) is 0 Å². The largest absolute Gasteiger partial charge is 0.494 e. The number of nitrogens with one attached hydrogen (secondary N) is 2. The molecule has 0 radical (unpaired) electrons. The monoisotopic (exact) mass is 383 g/mol. The molecule has 4 rings (SSSR count). The Kier molecular flexibility index (Phi) is 4.94. The number of hydrogen-bond donors (Lipinski definition) is 3. The summed E-state index contributed by atoms with van der Waals surface area (Å²) in [6.07, 6.45) is 7.58. The Hall–Kier alpha value is -2.67. The van der Waals surface area contributed by atoms with Crippen molar-refractivity contribution >= 4 is 30.2 Å². The van der Waals surface area contributed by atoms with Crippen LogP contribution in [0.1, 0.15) is 31.9 Å². The molecule has 1 saturated heterocycles. The van der Waals surface area contributed by atoms with E-state index in [1.165, 1.54) is 19.3 Å². The van der Waals surface area contributed by atoms with Gasteiger partial charge in [0.2, 0.25) is 5.88 Å². The molecule has 7 heteroatoms. The molecule has 3 N–H and O–H groups in total. The number of imidazole rings is 1. The highest BCUT2D eigenvalue weighted by molar-refractivity contribution is 7.71. The summed E-state index contributed by atoms with van der Waals surface area (Å²) in [6, 6.07) is 5.96. The van der Waals surface area contributed by atoms with Gasteiger partial charge in [0.05, 0.1) is 25.3 Å². The predicted molar refractivity (Wildman–Crippen MR) is 107 cm³/mol. The first-order chi connectivity index (χ1) is 13.1. The van der Waals surface area contributed by atoms with E-state index in [-0.39, 0.29) is 5.88 Å². The van der Waals surface area contributed by atoms with Crippen LogP contribution in [0.15, 0.2) is 28.8 Å². The minimum Gasteiger partial charge on any atom is -0.494 e. The molecule has 1 fully saturated rings. The van der Waals surface area contributed by atoms with Gasteiger partial charge in [-0.2, -0.15) is 0 Å². The molecule has 27 heavy (non-hydrogen) atoms. The lowest BCUT2D eigenvalue weighted by atomic mass is 10.1. The van der Waals surface area contributed by atoms with Gasteiger partial charge in [-0.1, -0.05) is 0 Å². The average molecular weight is 383 g/mol. The number of rotatable bonds is 3. The highest BCUT2D eigenvalue weighted by Crippen LogP contribution is 2.19. The van der Waals surface area contributed by atoms with Crippen LogP contribution in [0.5, 0.6) is 11.6 Å². The first kappa shape index (κ1) is 17.7. The Morgan fingerprint density at radius 2 is 2.07 bits per heavy atom. The van der Waals surface area contributed by atoms with E-state index in [9.17, 15) is 5.11 Å². The number of nitrogens with zero attached hydrogens (tertiary/aromatic N) is 2. The topological polar surface area (TPSA) is 76.4 Å². The number of piperidine rings is 1. The molecule has 1 aromatic carbocycles. The Morgan fingerprint density at radius 3 is 2.78 bits per heavy atom. The number of aromatic amines is 2. The Labute approximate surface area is 162 Å². The zero-order valence-electron chi connectivity index (χ0n) is 15.3. The lowest BCUT2D eigenvalue weighted by Gasteiger charge is -2.15. The van der Waals surface area contributed by atoms with Gasteiger partial charge in [-0.05, 0) is 73.7 Å². The van der Waals surface area contributed by atoms with Crippen LogP contribution in [-0.4, -0.2) is 45.2 Å². The molecule has 2 aliphatic heterocycles. The quantitative estimate of drug-likeness (QED) is 0.562. The van der Waals surface area contributed by atoms with Gasteiger partial charge in [-0.25, -0.2) is 0 Å². The fourth-order valence-corrected chi connectivity index (χ4v) is 3.74. The van der Waals surface area contributed by atoms with Crippen molar-refractivity contribution in [2.24, 2.45) is 4.99 Å². The lowest BCUT2D eigenvalue weighted by molar-refractivity contribution is -0.537. The predicted octanol–water partition coefficient (Wildman–Crippen LogP) is 2.27. The first-order valence-electron chi connectivity index (χ1n) is 9.32. The second-order valence-electron chi connectivity index (χ2n) is 6.72. The van der Waals surface area contributed by atoms with E-state index in [0.29, 0.717) is 17.1 Å². The lowest BCUT2D eigenvalue weighted by Crippen LogP contribution is -2.35. The van der Waals surface area contributed by atoms with Crippen LogP contribution in [0.2, 0.25) is 0 Å². The maximum Gasteiger partial charge on any atom is 0.326 e. The molecule has 0 aliphatic carbocycles. The minimum atomic E-state index is 0.0350. The number of ether oxygens (including phenoxy) is 1. The normalized spacial score (nSPS) is 18.0. The van der Waals surface area contributed by atoms with Crippen molar-refractivity contribution in [1.82, 2.24) is 9.97 Å². The fourth-order valence-electron chi connectivity index (χ4n) is 3.53. The van der Waals surface area contributed by atoms with E-state index in [1.54, 1.807) is 0 Å². The molecule has 2 aliphatic rings. The molecule has 0 saturated carbocycles. The van der Waals surface area contributed by atoms with Gasteiger partial charge in [0.1, 0.15) is 11.4 Å². The molecular weight excluding hydrogens is 360 g/mol. The number of aromatic hydroxyl groups is 1. The number of hydrogen-bond acceptors (Lipinski definition) is 3. The molecule has 2 aromatic rings. The van der Waals surface area contributed by atoms with Gasteiger partial charge in [0.15, 0.2) is 10.1 Å². The van der Waals surface area contributed by atoms with Gasteiger partial charge < -0.3 is 19.8 Å². The van der Waals surface area contributed by atoms with Crippen LogP contribution in [0.25, 0.3) is 12.2 Å². The van der Waals surface area contributed by atoms with Gasteiger partial charge in [0, 0.05) is 5.22 Å². The Bertz CT molecular complexity index is 1100. The van der Waals surface area contributed by atoms with Crippen molar-refractivity contribution < 1.29 is 14.4 Å². The maximum absolute atomic E-state index is 10.1. The number of benzene rings is 1. The minimum absolute atomic E-state index is 0.0350. The highest BCUT2D eigenvalue weighted by atomic mass is 32.1. The van der Waals surface area contributed by atoms with E-state index in [2.05, 4.69) is 20.6 Å². The third-order valence-electron chi connectivity index (χ3n) is 4.80. The van der Waals surface area contributed by atoms with E-state index < -0.39 is 0 Å². The van der Waals surface area contributed by atoms with Crippen LogP contribution in [-0.2, 0) is 0 Å². The molecule has 0 amide bonds. The summed E-state index contributed by atoms with van der Waals surface area (Å²) in [7, 11) is 0. The van der Waals surface area contributed by atoms with E-state index in [0.717, 1.165) is 40.8 Å². The van der Waals surface area contributed by atoms with E-state index >= 15 is 0 Å². The smallest absolute Gasteiger partial charge is 0.326 e. The molecule has 3 heterocycles. The molecule has 0 spiro atoms. The summed E-state index contributed by atoms with van der Waals surface area (Å²) < 4.78 is 8.34. The van der Waals surface area contributed by atoms with Gasteiger partial charge in [-0.15, -0.1) is 0 Å². The summed E-state index contributed by atoms with van der Waals surface area (Å²) >= 11 is 5.08.